The van der Waals surface area contributed by atoms with E-state index in [1.807, 2.05) is 25.1 Å². The van der Waals surface area contributed by atoms with Crippen LogP contribution in [0.5, 0.6) is 5.75 Å². The van der Waals surface area contributed by atoms with Crippen molar-refractivity contribution in [3.63, 3.8) is 0 Å². The van der Waals surface area contributed by atoms with Gasteiger partial charge in [-0.05, 0) is 63.7 Å². The number of hydrogen-bond acceptors (Lipinski definition) is 3. The molecule has 1 atom stereocenters. The SMILES string of the molecule is Cc1c(C(=O)c2ccc(O)cc2)c2ccccc2n1CC1CCCN1C.Cl. The topological polar surface area (TPSA) is 45.5 Å². The van der Waals surface area contributed by atoms with E-state index in [0.29, 0.717) is 11.6 Å². The van der Waals surface area contributed by atoms with E-state index < -0.39 is 0 Å². The summed E-state index contributed by atoms with van der Waals surface area (Å²) in [5.74, 6) is 0.183. The number of benzene rings is 2. The largest absolute Gasteiger partial charge is 0.508 e. The Morgan fingerprint density at radius 3 is 2.52 bits per heavy atom. The molecule has 3 aromatic rings. The van der Waals surface area contributed by atoms with E-state index in [1.165, 1.54) is 12.8 Å². The second-order valence-electron chi connectivity index (χ2n) is 7.24. The lowest BCUT2D eigenvalue weighted by molar-refractivity contribution is 0.103. The average molecular weight is 385 g/mol. The summed E-state index contributed by atoms with van der Waals surface area (Å²) in [6.07, 6.45) is 2.43. The molecule has 0 radical (unpaired) electrons. The fraction of sp³-hybridized carbons (Fsp3) is 0.318. The van der Waals surface area contributed by atoms with Crippen LogP contribution in [0, 0.1) is 6.92 Å². The minimum absolute atomic E-state index is 0. The van der Waals surface area contributed by atoms with Crippen molar-refractivity contribution in [3.05, 3.63) is 65.4 Å². The molecule has 1 saturated heterocycles. The van der Waals surface area contributed by atoms with Crippen molar-refractivity contribution >= 4 is 29.1 Å². The molecule has 1 aromatic heterocycles. The second-order valence-corrected chi connectivity index (χ2v) is 7.24. The first-order chi connectivity index (χ1) is 12.6. The first-order valence-electron chi connectivity index (χ1n) is 9.18. The monoisotopic (exact) mass is 384 g/mol. The van der Waals surface area contributed by atoms with Gasteiger partial charge < -0.3 is 14.6 Å². The van der Waals surface area contributed by atoms with Gasteiger partial charge in [-0.25, -0.2) is 0 Å². The molecule has 0 amide bonds. The Morgan fingerprint density at radius 1 is 1.15 bits per heavy atom. The van der Waals surface area contributed by atoms with Gasteiger partial charge in [0.25, 0.3) is 0 Å². The van der Waals surface area contributed by atoms with Gasteiger partial charge in [0, 0.05) is 34.7 Å². The van der Waals surface area contributed by atoms with E-state index in [-0.39, 0.29) is 23.9 Å². The highest BCUT2D eigenvalue weighted by molar-refractivity contribution is 6.17. The first-order valence-corrected chi connectivity index (χ1v) is 9.18. The summed E-state index contributed by atoms with van der Waals surface area (Å²) in [4.78, 5) is 15.6. The summed E-state index contributed by atoms with van der Waals surface area (Å²) in [7, 11) is 2.18. The van der Waals surface area contributed by atoms with Crippen LogP contribution in [0.4, 0.5) is 0 Å². The van der Waals surface area contributed by atoms with E-state index in [0.717, 1.165) is 35.2 Å². The molecule has 0 spiro atoms. The molecule has 4 rings (SSSR count). The molecule has 1 N–H and O–H groups in total. The van der Waals surface area contributed by atoms with Crippen molar-refractivity contribution in [1.29, 1.82) is 0 Å². The quantitative estimate of drug-likeness (QED) is 0.678. The number of aromatic nitrogens is 1. The maximum absolute atomic E-state index is 13.2. The lowest BCUT2D eigenvalue weighted by Crippen LogP contribution is -2.29. The van der Waals surface area contributed by atoms with Crippen molar-refractivity contribution in [2.24, 2.45) is 0 Å². The van der Waals surface area contributed by atoms with E-state index in [4.69, 9.17) is 0 Å². The third kappa shape index (κ3) is 3.47. The van der Waals surface area contributed by atoms with Crippen LogP contribution >= 0.6 is 12.4 Å². The van der Waals surface area contributed by atoms with Gasteiger partial charge in [-0.2, -0.15) is 0 Å². The van der Waals surface area contributed by atoms with E-state index >= 15 is 0 Å². The van der Waals surface area contributed by atoms with Crippen LogP contribution in [-0.4, -0.2) is 40.0 Å². The predicted molar refractivity (Wildman–Crippen MR) is 111 cm³/mol. The zero-order chi connectivity index (χ0) is 18.3. The summed E-state index contributed by atoms with van der Waals surface area (Å²) in [6, 6.07) is 15.2. The molecule has 1 unspecified atom stereocenters. The molecule has 1 fully saturated rings. The number of phenols is 1. The van der Waals surface area contributed by atoms with Crippen molar-refractivity contribution in [1.82, 2.24) is 9.47 Å². The molecule has 2 heterocycles. The standard InChI is InChI=1S/C22H24N2O2.ClH/c1-15-21(22(26)16-9-11-18(25)12-10-16)19-7-3-4-8-20(19)24(15)14-17-6-5-13-23(17)2;/h3-4,7-12,17,25H,5-6,13-14H2,1-2H3;1H. The zero-order valence-corrected chi connectivity index (χ0v) is 16.5. The van der Waals surface area contributed by atoms with Crippen LogP contribution in [0.3, 0.4) is 0 Å². The predicted octanol–water partition coefficient (Wildman–Crippen LogP) is 4.40. The van der Waals surface area contributed by atoms with E-state index in [1.54, 1.807) is 24.3 Å². The fourth-order valence-electron chi connectivity index (χ4n) is 4.13. The molecule has 27 heavy (non-hydrogen) atoms. The number of rotatable bonds is 4. The molecule has 4 nitrogen and oxygen atoms in total. The summed E-state index contributed by atoms with van der Waals surface area (Å²) in [5.41, 5.74) is 3.51. The number of nitrogens with zero attached hydrogens (tertiary/aromatic N) is 2. The Bertz CT molecular complexity index is 962. The maximum Gasteiger partial charge on any atom is 0.195 e. The van der Waals surface area contributed by atoms with Crippen molar-refractivity contribution in [2.75, 3.05) is 13.6 Å². The fourth-order valence-corrected chi connectivity index (χ4v) is 4.13. The number of carbonyl (C=O) groups is 1. The van der Waals surface area contributed by atoms with Crippen LogP contribution in [0.2, 0.25) is 0 Å². The zero-order valence-electron chi connectivity index (χ0n) is 15.7. The lowest BCUT2D eigenvalue weighted by Gasteiger charge is -2.21. The number of fused-ring (bicyclic) bond motifs is 1. The summed E-state index contributed by atoms with van der Waals surface area (Å²) in [6.45, 7) is 4.09. The molecule has 0 aliphatic carbocycles. The number of halogens is 1. The summed E-state index contributed by atoms with van der Waals surface area (Å²) < 4.78 is 2.30. The van der Waals surface area contributed by atoms with Gasteiger partial charge in [-0.1, -0.05) is 18.2 Å². The minimum Gasteiger partial charge on any atom is -0.508 e. The van der Waals surface area contributed by atoms with E-state index in [2.05, 4.69) is 22.6 Å². The van der Waals surface area contributed by atoms with Crippen LogP contribution in [0.25, 0.3) is 10.9 Å². The summed E-state index contributed by atoms with van der Waals surface area (Å²) >= 11 is 0. The van der Waals surface area contributed by atoms with Gasteiger partial charge in [0.1, 0.15) is 5.75 Å². The van der Waals surface area contributed by atoms with Gasteiger partial charge in [-0.3, -0.25) is 4.79 Å². The maximum atomic E-state index is 13.2. The number of carbonyl (C=O) groups excluding carboxylic acids is 1. The smallest absolute Gasteiger partial charge is 0.195 e. The Morgan fingerprint density at radius 2 is 1.85 bits per heavy atom. The molecule has 2 aromatic carbocycles. The van der Waals surface area contributed by atoms with Gasteiger partial charge in [0.05, 0.1) is 5.56 Å². The number of aromatic hydroxyl groups is 1. The number of likely N-dealkylation sites (tertiary alicyclic amines) is 1. The minimum atomic E-state index is 0. The Kier molecular flexibility index (Phi) is 5.59. The Hall–Kier alpha value is -2.30. The van der Waals surface area contributed by atoms with Crippen LogP contribution in [0.15, 0.2) is 48.5 Å². The number of ketones is 1. The molecule has 5 heteroatoms. The molecule has 1 aliphatic rings. The van der Waals surface area contributed by atoms with Crippen LogP contribution < -0.4 is 0 Å². The molecular formula is C22H25ClN2O2. The number of hydrogen-bond donors (Lipinski definition) is 1. The number of para-hydroxylation sites is 1. The van der Waals surface area contributed by atoms with E-state index in [9.17, 15) is 9.90 Å². The van der Waals surface area contributed by atoms with Crippen LogP contribution in [-0.2, 0) is 6.54 Å². The highest BCUT2D eigenvalue weighted by atomic mass is 35.5. The molecule has 0 saturated carbocycles. The lowest BCUT2D eigenvalue weighted by atomic mass is 10.0. The van der Waals surface area contributed by atoms with Gasteiger partial charge in [0.2, 0.25) is 0 Å². The third-order valence-corrected chi connectivity index (χ3v) is 5.65. The Labute approximate surface area is 165 Å². The number of phenolic OH excluding ortho intramolecular Hbond substituents is 1. The molecule has 0 bridgehead atoms. The average Bonchev–Trinajstić information content (AvgIpc) is 3.17. The molecule has 142 valence electrons. The summed E-state index contributed by atoms with van der Waals surface area (Å²) in [5, 5.41) is 10.5. The van der Waals surface area contributed by atoms with Gasteiger partial charge in [0.15, 0.2) is 5.78 Å². The van der Waals surface area contributed by atoms with Gasteiger partial charge in [-0.15, -0.1) is 12.4 Å². The van der Waals surface area contributed by atoms with Crippen molar-refractivity contribution in [3.8, 4) is 5.75 Å². The normalized spacial score (nSPS) is 17.2. The molecular weight excluding hydrogens is 360 g/mol. The second kappa shape index (κ2) is 7.75. The van der Waals surface area contributed by atoms with Crippen molar-refractivity contribution < 1.29 is 9.90 Å². The van der Waals surface area contributed by atoms with Crippen LogP contribution in [0.1, 0.15) is 34.5 Å². The Balaban J connectivity index is 0.00000210. The van der Waals surface area contributed by atoms with Crippen molar-refractivity contribution in [2.45, 2.75) is 32.4 Å². The highest BCUT2D eigenvalue weighted by Crippen LogP contribution is 2.30. The van der Waals surface area contributed by atoms with Gasteiger partial charge >= 0.3 is 0 Å². The number of likely N-dealkylation sites (N-methyl/N-ethyl adjacent to an activating group) is 1. The third-order valence-electron chi connectivity index (χ3n) is 5.65. The molecule has 1 aliphatic heterocycles. The highest BCUT2D eigenvalue weighted by Gasteiger charge is 2.25. The first kappa shape index (κ1) is 19.5.